The quantitative estimate of drug-likeness (QED) is 0.865. The van der Waals surface area contributed by atoms with Gasteiger partial charge in [-0.05, 0) is 31.8 Å². The van der Waals surface area contributed by atoms with Crippen LogP contribution in [0, 0.1) is 5.82 Å². The van der Waals surface area contributed by atoms with Crippen LogP contribution in [0.1, 0.15) is 11.6 Å². The summed E-state index contributed by atoms with van der Waals surface area (Å²) >= 11 is 5.68. The van der Waals surface area contributed by atoms with Gasteiger partial charge in [0.2, 0.25) is 10.0 Å². The molecule has 0 saturated heterocycles. The van der Waals surface area contributed by atoms with Gasteiger partial charge in [0.05, 0.1) is 11.1 Å². The Kier molecular flexibility index (Phi) is 5.75. The average molecular weight is 357 g/mol. The third-order valence-electron chi connectivity index (χ3n) is 3.25. The largest absolute Gasteiger partial charge is 0.307 e. The number of sulfonamides is 1. The first-order valence-corrected chi connectivity index (χ1v) is 8.83. The number of likely N-dealkylation sites (N-methyl/N-ethyl adjacent to an activating group) is 1. The highest BCUT2D eigenvalue weighted by Crippen LogP contribution is 2.24. The highest BCUT2D eigenvalue weighted by molar-refractivity contribution is 7.89. The van der Waals surface area contributed by atoms with Crippen LogP contribution in [-0.2, 0) is 10.0 Å². The van der Waals surface area contributed by atoms with Crippen LogP contribution in [0.2, 0.25) is 5.02 Å². The molecule has 23 heavy (non-hydrogen) atoms. The normalized spacial score (nSPS) is 13.3. The van der Waals surface area contributed by atoms with E-state index < -0.39 is 26.8 Å². The third-order valence-corrected chi connectivity index (χ3v) is 5.03. The molecule has 0 amide bonds. The van der Waals surface area contributed by atoms with E-state index in [1.54, 1.807) is 0 Å². The highest BCUT2D eigenvalue weighted by atomic mass is 35.5. The van der Waals surface area contributed by atoms with E-state index in [9.17, 15) is 12.8 Å². The van der Waals surface area contributed by atoms with Crippen LogP contribution in [0.5, 0.6) is 0 Å². The number of nitrogens with zero attached hydrogens (tertiary/aromatic N) is 1. The lowest BCUT2D eigenvalue weighted by Crippen LogP contribution is -2.35. The smallest absolute Gasteiger partial charge is 0.244 e. The van der Waals surface area contributed by atoms with Gasteiger partial charge >= 0.3 is 0 Å². The number of benzene rings is 2. The number of rotatable bonds is 6. The molecule has 2 aromatic rings. The van der Waals surface area contributed by atoms with Gasteiger partial charge in [-0.3, -0.25) is 0 Å². The second-order valence-corrected chi connectivity index (χ2v) is 7.49. The molecule has 124 valence electrons. The van der Waals surface area contributed by atoms with Crippen molar-refractivity contribution >= 4 is 21.6 Å². The number of hydrogen-bond donors (Lipinski definition) is 1. The maximum Gasteiger partial charge on any atom is 0.244 e. The van der Waals surface area contributed by atoms with Crippen LogP contribution in [0.15, 0.2) is 53.4 Å². The molecular weight excluding hydrogens is 339 g/mol. The highest BCUT2D eigenvalue weighted by Gasteiger charge is 2.25. The van der Waals surface area contributed by atoms with Crippen molar-refractivity contribution in [1.82, 2.24) is 9.62 Å². The van der Waals surface area contributed by atoms with E-state index in [1.165, 1.54) is 18.2 Å². The van der Waals surface area contributed by atoms with Crippen molar-refractivity contribution < 1.29 is 12.8 Å². The molecule has 0 spiro atoms. The Labute approximate surface area is 140 Å². The van der Waals surface area contributed by atoms with Gasteiger partial charge in [-0.1, -0.05) is 48.0 Å². The molecule has 4 nitrogen and oxygen atoms in total. The summed E-state index contributed by atoms with van der Waals surface area (Å²) in [7, 11) is -0.368. The van der Waals surface area contributed by atoms with E-state index in [4.69, 9.17) is 11.6 Å². The maximum absolute atomic E-state index is 14.1. The van der Waals surface area contributed by atoms with Gasteiger partial charge in [0.25, 0.3) is 0 Å². The Hall–Kier alpha value is -1.47. The predicted molar refractivity (Wildman–Crippen MR) is 89.5 cm³/mol. The van der Waals surface area contributed by atoms with Crippen molar-refractivity contribution in [2.75, 3.05) is 20.6 Å². The van der Waals surface area contributed by atoms with E-state index in [0.717, 1.165) is 5.56 Å². The van der Waals surface area contributed by atoms with E-state index in [0.29, 0.717) is 6.54 Å². The fourth-order valence-corrected chi connectivity index (χ4v) is 3.75. The van der Waals surface area contributed by atoms with Crippen molar-refractivity contribution in [3.63, 3.8) is 0 Å². The molecule has 0 bridgehead atoms. The molecule has 1 atom stereocenters. The second kappa shape index (κ2) is 7.40. The van der Waals surface area contributed by atoms with E-state index >= 15 is 0 Å². The number of hydrogen-bond acceptors (Lipinski definition) is 3. The lowest BCUT2D eigenvalue weighted by Gasteiger charge is -2.23. The van der Waals surface area contributed by atoms with Crippen LogP contribution < -0.4 is 4.72 Å². The SMILES string of the molecule is CN(C)CC(NS(=O)(=O)c1cccc(Cl)c1F)c1ccccc1. The zero-order valence-corrected chi connectivity index (χ0v) is 14.4. The summed E-state index contributed by atoms with van der Waals surface area (Å²) in [6.45, 7) is 0.436. The van der Waals surface area contributed by atoms with Crippen molar-refractivity contribution in [3.8, 4) is 0 Å². The molecule has 1 unspecified atom stereocenters. The lowest BCUT2D eigenvalue weighted by molar-refractivity contribution is 0.363. The molecule has 1 N–H and O–H groups in total. The molecule has 0 radical (unpaired) electrons. The van der Waals surface area contributed by atoms with E-state index in [2.05, 4.69) is 4.72 Å². The molecule has 2 rings (SSSR count). The summed E-state index contributed by atoms with van der Waals surface area (Å²) in [6, 6.07) is 12.6. The predicted octanol–water partition coefficient (Wildman–Crippen LogP) is 3.06. The van der Waals surface area contributed by atoms with Crippen LogP contribution in [0.3, 0.4) is 0 Å². The summed E-state index contributed by atoms with van der Waals surface area (Å²) in [5.74, 6) is -0.946. The summed E-state index contributed by atoms with van der Waals surface area (Å²) < 4.78 is 41.7. The molecule has 0 saturated carbocycles. The standard InChI is InChI=1S/C16H18ClFN2O2S/c1-20(2)11-14(12-7-4-3-5-8-12)19-23(21,22)15-10-6-9-13(17)16(15)18/h3-10,14,19H,11H2,1-2H3. The Morgan fingerprint density at radius 2 is 1.78 bits per heavy atom. The average Bonchev–Trinajstić information content (AvgIpc) is 2.49. The topological polar surface area (TPSA) is 49.4 Å². The monoisotopic (exact) mass is 356 g/mol. The first-order valence-electron chi connectivity index (χ1n) is 6.97. The third kappa shape index (κ3) is 4.51. The molecule has 0 aliphatic heterocycles. The molecule has 0 fully saturated rings. The Bertz CT molecular complexity index is 767. The molecule has 0 aliphatic carbocycles. The van der Waals surface area contributed by atoms with Gasteiger partial charge in [0.15, 0.2) is 5.82 Å². The minimum Gasteiger partial charge on any atom is -0.307 e. The molecular formula is C16H18ClFN2O2S. The number of nitrogens with one attached hydrogen (secondary N) is 1. The maximum atomic E-state index is 14.1. The zero-order chi connectivity index (χ0) is 17.0. The molecule has 7 heteroatoms. The van der Waals surface area contributed by atoms with Gasteiger partial charge in [-0.2, -0.15) is 0 Å². The van der Waals surface area contributed by atoms with Gasteiger partial charge in [0, 0.05) is 6.54 Å². The van der Waals surface area contributed by atoms with Crippen molar-refractivity contribution in [3.05, 3.63) is 64.9 Å². The van der Waals surface area contributed by atoms with Crippen molar-refractivity contribution in [2.24, 2.45) is 0 Å². The van der Waals surface area contributed by atoms with Gasteiger partial charge in [-0.25, -0.2) is 17.5 Å². The second-order valence-electron chi connectivity index (χ2n) is 5.40. The van der Waals surface area contributed by atoms with Crippen molar-refractivity contribution in [1.29, 1.82) is 0 Å². The summed E-state index contributed by atoms with van der Waals surface area (Å²) in [5, 5.41) is -0.225. The number of halogens is 2. The molecule has 0 aliphatic rings. The van der Waals surface area contributed by atoms with Gasteiger partial charge in [0.1, 0.15) is 4.90 Å². The minimum atomic E-state index is -4.04. The lowest BCUT2D eigenvalue weighted by atomic mass is 10.1. The first-order chi connectivity index (χ1) is 10.8. The van der Waals surface area contributed by atoms with E-state index in [-0.39, 0.29) is 5.02 Å². The van der Waals surface area contributed by atoms with Crippen LogP contribution in [0.4, 0.5) is 4.39 Å². The summed E-state index contributed by atoms with van der Waals surface area (Å²) in [4.78, 5) is 1.40. The summed E-state index contributed by atoms with van der Waals surface area (Å²) in [5.41, 5.74) is 0.798. The fourth-order valence-electron chi connectivity index (χ4n) is 2.20. The van der Waals surface area contributed by atoms with Crippen LogP contribution in [-0.4, -0.2) is 34.0 Å². The Balaban J connectivity index is 2.36. The van der Waals surface area contributed by atoms with Crippen LogP contribution >= 0.6 is 11.6 Å². The zero-order valence-electron chi connectivity index (χ0n) is 12.8. The van der Waals surface area contributed by atoms with Gasteiger partial charge in [-0.15, -0.1) is 0 Å². The van der Waals surface area contributed by atoms with Gasteiger partial charge < -0.3 is 4.90 Å². The van der Waals surface area contributed by atoms with E-state index in [1.807, 2.05) is 49.3 Å². The Morgan fingerprint density at radius 3 is 2.39 bits per heavy atom. The summed E-state index contributed by atoms with van der Waals surface area (Å²) in [6.07, 6.45) is 0. The molecule has 2 aromatic carbocycles. The van der Waals surface area contributed by atoms with Crippen LogP contribution in [0.25, 0.3) is 0 Å². The first kappa shape index (κ1) is 17.9. The fraction of sp³-hybridized carbons (Fsp3) is 0.250. The molecule has 0 heterocycles. The van der Waals surface area contributed by atoms with Crippen molar-refractivity contribution in [2.45, 2.75) is 10.9 Å². The Morgan fingerprint density at radius 1 is 1.13 bits per heavy atom. The minimum absolute atomic E-state index is 0.225. The molecule has 0 aromatic heterocycles.